The van der Waals surface area contributed by atoms with E-state index in [1.54, 1.807) is 19.1 Å². The van der Waals surface area contributed by atoms with E-state index in [0.717, 1.165) is 12.8 Å². The van der Waals surface area contributed by atoms with Gasteiger partial charge in [0.25, 0.3) is 5.56 Å². The molecule has 0 fully saturated rings. The van der Waals surface area contributed by atoms with Crippen LogP contribution in [0.4, 0.5) is 4.39 Å². The average molecular weight is 379 g/mol. The van der Waals surface area contributed by atoms with E-state index in [1.807, 2.05) is 30.3 Å². The number of carbonyl (C=O) groups excluding carboxylic acids is 1. The molecule has 0 spiro atoms. The van der Waals surface area contributed by atoms with Crippen LogP contribution in [0.3, 0.4) is 0 Å². The number of halogens is 1. The molecule has 1 heterocycles. The van der Waals surface area contributed by atoms with E-state index in [4.69, 9.17) is 0 Å². The number of nitrogens with one attached hydrogen (secondary N) is 1. The first-order chi connectivity index (χ1) is 13.5. The van der Waals surface area contributed by atoms with E-state index in [0.29, 0.717) is 23.6 Å². The van der Waals surface area contributed by atoms with Gasteiger partial charge in [0, 0.05) is 23.9 Å². The molecule has 0 atom stereocenters. The van der Waals surface area contributed by atoms with E-state index in [-0.39, 0.29) is 23.8 Å². The molecule has 2 aromatic carbocycles. The molecule has 28 heavy (non-hydrogen) atoms. The Hall–Kier alpha value is -3.28. The van der Waals surface area contributed by atoms with E-state index < -0.39 is 0 Å². The maximum Gasteiger partial charge on any atom is 0.254 e. The lowest BCUT2D eigenvalue weighted by Gasteiger charge is -2.13. The summed E-state index contributed by atoms with van der Waals surface area (Å²) in [6.07, 6.45) is 1.68. The minimum Gasteiger partial charge on any atom is -0.355 e. The molecule has 0 aliphatic carbocycles. The summed E-state index contributed by atoms with van der Waals surface area (Å²) in [5, 5.41) is 2.84. The first kappa shape index (κ1) is 19.5. The average Bonchev–Trinajstić information content (AvgIpc) is 2.69. The minimum absolute atomic E-state index is 0.135. The zero-order chi connectivity index (χ0) is 19.9. The Balaban J connectivity index is 1.66. The number of nitrogens with zero attached hydrogens (tertiary/aromatic N) is 2. The number of hydrogen-bond acceptors (Lipinski definition) is 3. The Labute approximate surface area is 162 Å². The van der Waals surface area contributed by atoms with Crippen LogP contribution in [0.5, 0.6) is 0 Å². The normalized spacial score (nSPS) is 10.6. The van der Waals surface area contributed by atoms with Crippen molar-refractivity contribution >= 4 is 5.91 Å². The maximum absolute atomic E-state index is 13.2. The molecule has 0 radical (unpaired) electrons. The minimum atomic E-state index is -0.374. The monoisotopic (exact) mass is 379 g/mol. The van der Waals surface area contributed by atoms with Gasteiger partial charge < -0.3 is 5.32 Å². The molecule has 144 valence electrons. The van der Waals surface area contributed by atoms with Crippen LogP contribution >= 0.6 is 0 Å². The lowest BCUT2D eigenvalue weighted by atomic mass is 10.1. The fraction of sp³-hybridized carbons (Fsp3) is 0.227. The van der Waals surface area contributed by atoms with Crippen LogP contribution in [0.25, 0.3) is 11.4 Å². The molecule has 0 aliphatic rings. The van der Waals surface area contributed by atoms with Gasteiger partial charge in [0.2, 0.25) is 5.91 Å². The molecule has 0 bridgehead atoms. The van der Waals surface area contributed by atoms with Crippen molar-refractivity contribution in [3.8, 4) is 11.4 Å². The largest absolute Gasteiger partial charge is 0.355 e. The predicted molar refractivity (Wildman–Crippen MR) is 106 cm³/mol. The zero-order valence-corrected chi connectivity index (χ0v) is 15.7. The third kappa shape index (κ3) is 5.13. The molecular formula is C22H22FN3O2. The summed E-state index contributed by atoms with van der Waals surface area (Å²) in [7, 11) is 0. The summed E-state index contributed by atoms with van der Waals surface area (Å²) in [5.74, 6) is -0.282. The van der Waals surface area contributed by atoms with Crippen molar-refractivity contribution in [1.29, 1.82) is 0 Å². The Bertz CT molecular complexity index is 999. The van der Waals surface area contributed by atoms with Gasteiger partial charge in [-0.05, 0) is 49.6 Å². The molecule has 3 rings (SSSR count). The van der Waals surface area contributed by atoms with E-state index in [9.17, 15) is 14.0 Å². The summed E-state index contributed by atoms with van der Waals surface area (Å²) in [5.41, 5.74) is 2.03. The summed E-state index contributed by atoms with van der Waals surface area (Å²) in [4.78, 5) is 29.1. The van der Waals surface area contributed by atoms with Gasteiger partial charge in [-0.2, -0.15) is 0 Å². The number of carbonyl (C=O) groups is 1. The molecule has 6 heteroatoms. The van der Waals surface area contributed by atoms with E-state index in [1.165, 1.54) is 28.3 Å². The van der Waals surface area contributed by atoms with E-state index >= 15 is 0 Å². The highest BCUT2D eigenvalue weighted by Gasteiger charge is 2.13. The topological polar surface area (TPSA) is 64.0 Å². The fourth-order valence-corrected chi connectivity index (χ4v) is 2.96. The van der Waals surface area contributed by atoms with Gasteiger partial charge in [-0.3, -0.25) is 14.2 Å². The van der Waals surface area contributed by atoms with Gasteiger partial charge in [0.05, 0.1) is 0 Å². The molecule has 1 aromatic heterocycles. The maximum atomic E-state index is 13.2. The zero-order valence-electron chi connectivity index (χ0n) is 15.7. The van der Waals surface area contributed by atoms with Gasteiger partial charge in [0.1, 0.15) is 18.2 Å². The smallest absolute Gasteiger partial charge is 0.254 e. The molecule has 0 saturated heterocycles. The Morgan fingerprint density at radius 2 is 1.82 bits per heavy atom. The molecule has 1 N–H and O–H groups in total. The first-order valence-electron chi connectivity index (χ1n) is 9.18. The first-order valence-corrected chi connectivity index (χ1v) is 9.18. The van der Waals surface area contributed by atoms with Crippen LogP contribution in [0.2, 0.25) is 0 Å². The Kier molecular flexibility index (Phi) is 6.32. The second kappa shape index (κ2) is 9.08. The fourth-order valence-electron chi connectivity index (χ4n) is 2.96. The van der Waals surface area contributed by atoms with Gasteiger partial charge in [-0.1, -0.05) is 30.3 Å². The van der Waals surface area contributed by atoms with Gasteiger partial charge in [-0.25, -0.2) is 9.37 Å². The number of rotatable bonds is 7. The molecule has 0 saturated carbocycles. The Morgan fingerprint density at radius 3 is 2.54 bits per heavy atom. The van der Waals surface area contributed by atoms with Crippen LogP contribution in [-0.4, -0.2) is 22.0 Å². The number of amides is 1. The molecule has 0 aliphatic heterocycles. The second-order valence-electron chi connectivity index (χ2n) is 6.59. The number of aromatic nitrogens is 2. The van der Waals surface area contributed by atoms with Crippen LogP contribution < -0.4 is 10.9 Å². The highest BCUT2D eigenvalue weighted by atomic mass is 19.1. The summed E-state index contributed by atoms with van der Waals surface area (Å²) in [6.45, 7) is 2.10. The van der Waals surface area contributed by atoms with Crippen molar-refractivity contribution in [2.24, 2.45) is 0 Å². The van der Waals surface area contributed by atoms with Crippen molar-refractivity contribution < 1.29 is 9.18 Å². The van der Waals surface area contributed by atoms with Crippen molar-refractivity contribution in [3.05, 3.63) is 88.1 Å². The number of hydrogen-bond donors (Lipinski definition) is 1. The van der Waals surface area contributed by atoms with Gasteiger partial charge >= 0.3 is 0 Å². The number of aryl methyl sites for hydroxylation is 2. The Morgan fingerprint density at radius 1 is 1.11 bits per heavy atom. The van der Waals surface area contributed by atoms with Crippen molar-refractivity contribution in [2.45, 2.75) is 26.3 Å². The lowest BCUT2D eigenvalue weighted by molar-refractivity contribution is -0.121. The predicted octanol–water partition coefficient (Wildman–Crippen LogP) is 3.11. The van der Waals surface area contributed by atoms with Crippen LogP contribution in [0, 0.1) is 12.7 Å². The number of benzene rings is 2. The van der Waals surface area contributed by atoms with Crippen molar-refractivity contribution in [3.63, 3.8) is 0 Å². The van der Waals surface area contributed by atoms with Crippen molar-refractivity contribution in [2.75, 3.05) is 6.54 Å². The van der Waals surface area contributed by atoms with Gasteiger partial charge in [0.15, 0.2) is 0 Å². The van der Waals surface area contributed by atoms with E-state index in [2.05, 4.69) is 10.3 Å². The quantitative estimate of drug-likeness (QED) is 0.642. The molecule has 3 aromatic rings. The van der Waals surface area contributed by atoms with Gasteiger partial charge in [-0.15, -0.1) is 0 Å². The molecule has 1 amide bonds. The van der Waals surface area contributed by atoms with Crippen LogP contribution in [0.1, 0.15) is 17.7 Å². The molecular weight excluding hydrogens is 357 g/mol. The highest BCUT2D eigenvalue weighted by Crippen LogP contribution is 2.16. The second-order valence-corrected chi connectivity index (χ2v) is 6.59. The summed E-state index contributed by atoms with van der Waals surface area (Å²) >= 11 is 0. The molecule has 5 nitrogen and oxygen atoms in total. The third-order valence-electron chi connectivity index (χ3n) is 4.35. The summed E-state index contributed by atoms with van der Waals surface area (Å²) in [6, 6.07) is 17.1. The van der Waals surface area contributed by atoms with Crippen LogP contribution in [0.15, 0.2) is 65.5 Å². The third-order valence-corrected chi connectivity index (χ3v) is 4.35. The summed E-state index contributed by atoms with van der Waals surface area (Å²) < 4.78 is 14.5. The lowest BCUT2D eigenvalue weighted by Crippen LogP contribution is -2.34. The van der Waals surface area contributed by atoms with Crippen LogP contribution in [-0.2, 0) is 17.8 Å². The standard InChI is InChI=1S/C22H22FN3O2/c1-16-14-21(28)26(22(25-16)18-9-11-19(23)12-10-18)15-20(27)24-13-5-8-17-6-3-2-4-7-17/h2-4,6-7,9-12,14H,5,8,13,15H2,1H3,(H,24,27). The SMILES string of the molecule is Cc1cc(=O)n(CC(=O)NCCCc2ccccc2)c(-c2ccc(F)cc2)n1. The highest BCUT2D eigenvalue weighted by molar-refractivity contribution is 5.76. The molecule has 0 unspecified atom stereocenters. The van der Waals surface area contributed by atoms with Crippen molar-refractivity contribution in [1.82, 2.24) is 14.9 Å².